The van der Waals surface area contributed by atoms with Crippen LogP contribution in [0.3, 0.4) is 0 Å². The molecule has 1 aromatic carbocycles. The normalized spacial score (nSPS) is 10.4. The average Bonchev–Trinajstić information content (AvgIpc) is 2.90. The van der Waals surface area contributed by atoms with Gasteiger partial charge in [-0.2, -0.15) is 0 Å². The number of rotatable bonds is 6. The molecule has 0 atom stereocenters. The molecular formula is C15H18N4O4. The minimum absolute atomic E-state index is 0.124. The first-order valence-electron chi connectivity index (χ1n) is 7.06. The summed E-state index contributed by atoms with van der Waals surface area (Å²) in [6, 6.07) is 5.43. The number of hydrogen-bond donors (Lipinski definition) is 2. The number of ether oxygens (including phenoxy) is 1. The van der Waals surface area contributed by atoms with E-state index in [0.29, 0.717) is 23.6 Å². The third-order valence-electron chi connectivity index (χ3n) is 3.30. The van der Waals surface area contributed by atoms with E-state index in [1.165, 1.54) is 11.8 Å². The number of aromatic nitrogens is 3. The fraction of sp³-hybridized carbons (Fsp3) is 0.333. The van der Waals surface area contributed by atoms with Crippen molar-refractivity contribution in [1.82, 2.24) is 15.0 Å². The van der Waals surface area contributed by atoms with Gasteiger partial charge >= 0.3 is 5.97 Å². The van der Waals surface area contributed by atoms with Gasteiger partial charge in [0.1, 0.15) is 12.3 Å². The van der Waals surface area contributed by atoms with Gasteiger partial charge in [-0.15, -0.1) is 5.10 Å². The summed E-state index contributed by atoms with van der Waals surface area (Å²) in [5.74, 6) is -0.955. The molecular weight excluding hydrogens is 300 g/mol. The van der Waals surface area contributed by atoms with Crippen molar-refractivity contribution >= 4 is 17.6 Å². The predicted octanol–water partition coefficient (Wildman–Crippen LogP) is 1.49. The zero-order valence-corrected chi connectivity index (χ0v) is 13.2. The van der Waals surface area contributed by atoms with Crippen molar-refractivity contribution < 1.29 is 19.4 Å². The topological polar surface area (TPSA) is 106 Å². The highest BCUT2D eigenvalue weighted by Gasteiger charge is 2.19. The molecule has 2 rings (SSSR count). The SMILES string of the molecule is CCc1c(C(=O)O)nnn1CC(=O)Nc1cc(C)ccc1OC. The maximum Gasteiger partial charge on any atom is 0.358 e. The molecule has 0 fully saturated rings. The van der Waals surface area contributed by atoms with Crippen molar-refractivity contribution in [1.29, 1.82) is 0 Å². The lowest BCUT2D eigenvalue weighted by molar-refractivity contribution is -0.117. The molecule has 0 bridgehead atoms. The summed E-state index contributed by atoms with van der Waals surface area (Å²) in [4.78, 5) is 23.3. The Morgan fingerprint density at radius 3 is 2.74 bits per heavy atom. The van der Waals surface area contributed by atoms with Crippen molar-refractivity contribution in [3.8, 4) is 5.75 Å². The first-order chi connectivity index (χ1) is 11.0. The summed E-state index contributed by atoms with van der Waals surface area (Å²) in [7, 11) is 1.52. The number of carbonyl (C=O) groups excluding carboxylic acids is 1. The molecule has 1 heterocycles. The molecule has 1 aromatic heterocycles. The van der Waals surface area contributed by atoms with Gasteiger partial charge in [0.05, 0.1) is 18.5 Å². The Kier molecular flexibility index (Phi) is 4.95. The Morgan fingerprint density at radius 2 is 2.13 bits per heavy atom. The van der Waals surface area contributed by atoms with Crippen LogP contribution >= 0.6 is 0 Å². The van der Waals surface area contributed by atoms with Gasteiger partial charge in [0, 0.05) is 0 Å². The first kappa shape index (κ1) is 16.5. The maximum atomic E-state index is 12.2. The number of carbonyl (C=O) groups is 2. The Balaban J connectivity index is 2.17. The summed E-state index contributed by atoms with van der Waals surface area (Å²) in [5, 5.41) is 19.1. The number of methoxy groups -OCH3 is 1. The zero-order chi connectivity index (χ0) is 17.0. The third-order valence-corrected chi connectivity index (χ3v) is 3.30. The van der Waals surface area contributed by atoms with Crippen LogP contribution in [0.2, 0.25) is 0 Å². The Bertz CT molecular complexity index is 739. The molecule has 0 saturated heterocycles. The van der Waals surface area contributed by atoms with E-state index in [-0.39, 0.29) is 18.1 Å². The number of anilines is 1. The molecule has 8 heteroatoms. The highest BCUT2D eigenvalue weighted by Crippen LogP contribution is 2.25. The second-order valence-electron chi connectivity index (χ2n) is 4.95. The number of carboxylic acid groups (broad SMARTS) is 1. The van der Waals surface area contributed by atoms with Crippen LogP contribution in [-0.4, -0.2) is 39.1 Å². The number of nitrogens with zero attached hydrogens (tertiary/aromatic N) is 3. The molecule has 0 aliphatic carbocycles. The van der Waals surface area contributed by atoms with Crippen LogP contribution in [0, 0.1) is 6.92 Å². The van der Waals surface area contributed by atoms with Crippen LogP contribution < -0.4 is 10.1 Å². The summed E-state index contributed by atoms with van der Waals surface area (Å²) in [6.45, 7) is 3.56. The van der Waals surface area contributed by atoms with Crippen LogP contribution in [0.15, 0.2) is 18.2 Å². The van der Waals surface area contributed by atoms with Gasteiger partial charge in [0.15, 0.2) is 5.69 Å². The van der Waals surface area contributed by atoms with Crippen LogP contribution in [0.1, 0.15) is 28.7 Å². The molecule has 2 N–H and O–H groups in total. The minimum atomic E-state index is -1.16. The lowest BCUT2D eigenvalue weighted by Crippen LogP contribution is -2.21. The monoisotopic (exact) mass is 318 g/mol. The number of aryl methyl sites for hydroxylation is 1. The summed E-state index contributed by atoms with van der Waals surface area (Å²) < 4.78 is 6.50. The number of nitrogens with one attached hydrogen (secondary N) is 1. The molecule has 0 radical (unpaired) electrons. The largest absolute Gasteiger partial charge is 0.495 e. The average molecular weight is 318 g/mol. The van der Waals surface area contributed by atoms with Gasteiger partial charge < -0.3 is 15.2 Å². The fourth-order valence-electron chi connectivity index (χ4n) is 2.22. The van der Waals surface area contributed by atoms with Gasteiger partial charge in [-0.25, -0.2) is 9.48 Å². The van der Waals surface area contributed by atoms with Crippen molar-refractivity contribution in [2.24, 2.45) is 0 Å². The fourth-order valence-corrected chi connectivity index (χ4v) is 2.22. The third kappa shape index (κ3) is 3.65. The van der Waals surface area contributed by atoms with Crippen LogP contribution in [0.4, 0.5) is 5.69 Å². The van der Waals surface area contributed by atoms with E-state index in [1.54, 1.807) is 19.1 Å². The van der Waals surface area contributed by atoms with Crippen molar-refractivity contribution in [2.45, 2.75) is 26.8 Å². The predicted molar refractivity (Wildman–Crippen MR) is 82.7 cm³/mol. The Labute approximate surface area is 133 Å². The molecule has 1 amide bonds. The quantitative estimate of drug-likeness (QED) is 0.836. The number of aromatic carboxylic acids is 1. The maximum absolute atomic E-state index is 12.2. The first-order valence-corrected chi connectivity index (χ1v) is 7.06. The van der Waals surface area contributed by atoms with Gasteiger partial charge in [-0.05, 0) is 31.0 Å². The van der Waals surface area contributed by atoms with Crippen molar-refractivity contribution in [2.75, 3.05) is 12.4 Å². The van der Waals surface area contributed by atoms with Crippen LogP contribution in [0.25, 0.3) is 0 Å². The molecule has 0 aliphatic heterocycles. The molecule has 2 aromatic rings. The zero-order valence-electron chi connectivity index (χ0n) is 13.2. The van der Waals surface area contributed by atoms with Crippen LogP contribution in [-0.2, 0) is 17.8 Å². The number of hydrogen-bond acceptors (Lipinski definition) is 5. The molecule has 0 saturated carbocycles. The van der Waals surface area contributed by atoms with E-state index in [0.717, 1.165) is 5.56 Å². The molecule has 23 heavy (non-hydrogen) atoms. The van der Waals surface area contributed by atoms with E-state index >= 15 is 0 Å². The second-order valence-corrected chi connectivity index (χ2v) is 4.95. The Morgan fingerprint density at radius 1 is 1.39 bits per heavy atom. The molecule has 0 unspecified atom stereocenters. The summed E-state index contributed by atoms with van der Waals surface area (Å²) in [6.07, 6.45) is 0.412. The summed E-state index contributed by atoms with van der Waals surface area (Å²) in [5.41, 5.74) is 1.80. The van der Waals surface area contributed by atoms with E-state index in [2.05, 4.69) is 15.6 Å². The van der Waals surface area contributed by atoms with E-state index in [4.69, 9.17) is 9.84 Å². The minimum Gasteiger partial charge on any atom is -0.495 e. The lowest BCUT2D eigenvalue weighted by Gasteiger charge is -2.11. The molecule has 0 aliphatic rings. The van der Waals surface area contributed by atoms with Gasteiger partial charge in [-0.1, -0.05) is 18.2 Å². The van der Waals surface area contributed by atoms with Gasteiger partial charge in [0.2, 0.25) is 5.91 Å². The smallest absolute Gasteiger partial charge is 0.358 e. The number of benzene rings is 1. The van der Waals surface area contributed by atoms with Gasteiger partial charge in [-0.3, -0.25) is 4.79 Å². The van der Waals surface area contributed by atoms with E-state index in [1.807, 2.05) is 13.0 Å². The standard InChI is InChI=1S/C15H18N4O4/c1-4-11-14(15(21)22)17-18-19(11)8-13(20)16-10-7-9(2)5-6-12(10)23-3/h5-7H,4,8H2,1-3H3,(H,16,20)(H,21,22). The second kappa shape index (κ2) is 6.91. The van der Waals surface area contributed by atoms with Gasteiger partial charge in [0.25, 0.3) is 0 Å². The van der Waals surface area contributed by atoms with E-state index < -0.39 is 5.97 Å². The van der Waals surface area contributed by atoms with E-state index in [9.17, 15) is 9.59 Å². The van der Waals surface area contributed by atoms with Crippen LogP contribution in [0.5, 0.6) is 5.75 Å². The number of carboxylic acids is 1. The molecule has 122 valence electrons. The highest BCUT2D eigenvalue weighted by atomic mass is 16.5. The molecule has 0 spiro atoms. The van der Waals surface area contributed by atoms with Crippen molar-refractivity contribution in [3.05, 3.63) is 35.2 Å². The Hall–Kier alpha value is -2.90. The highest BCUT2D eigenvalue weighted by molar-refractivity contribution is 5.92. The number of amides is 1. The lowest BCUT2D eigenvalue weighted by atomic mass is 10.2. The summed E-state index contributed by atoms with van der Waals surface area (Å²) >= 11 is 0. The molecule has 8 nitrogen and oxygen atoms in total. The van der Waals surface area contributed by atoms with Crippen molar-refractivity contribution in [3.63, 3.8) is 0 Å².